The van der Waals surface area contributed by atoms with Gasteiger partial charge in [0, 0.05) is 13.1 Å². The van der Waals surface area contributed by atoms with Gasteiger partial charge in [-0.1, -0.05) is 74.5 Å². The van der Waals surface area contributed by atoms with Gasteiger partial charge in [0.2, 0.25) is 11.8 Å². The van der Waals surface area contributed by atoms with Gasteiger partial charge in [-0.05, 0) is 55.2 Å². The van der Waals surface area contributed by atoms with Crippen LogP contribution in [-0.4, -0.2) is 44.3 Å². The molecule has 0 aliphatic carbocycles. The highest BCUT2D eigenvalue weighted by molar-refractivity contribution is 7.92. The number of carbonyl (C=O) groups is 2. The summed E-state index contributed by atoms with van der Waals surface area (Å²) in [6, 6.07) is 23.4. The largest absolute Gasteiger partial charge is 0.354 e. The molecule has 1 atom stereocenters. The number of amides is 2. The van der Waals surface area contributed by atoms with E-state index in [-0.39, 0.29) is 23.3 Å². The number of sulfonamides is 1. The molecule has 0 unspecified atom stereocenters. The van der Waals surface area contributed by atoms with E-state index in [1.807, 2.05) is 45.0 Å². The summed E-state index contributed by atoms with van der Waals surface area (Å²) in [4.78, 5) is 28.4. The van der Waals surface area contributed by atoms with Crippen LogP contribution in [0.4, 0.5) is 5.69 Å². The molecule has 1 N–H and O–H groups in total. The number of carbonyl (C=O) groups excluding carboxylic acids is 2. The van der Waals surface area contributed by atoms with Crippen LogP contribution in [0, 0.1) is 12.8 Å². The Hall–Kier alpha value is -3.65. The van der Waals surface area contributed by atoms with E-state index >= 15 is 0 Å². The van der Waals surface area contributed by atoms with Crippen LogP contribution in [0.5, 0.6) is 0 Å². The van der Waals surface area contributed by atoms with Crippen molar-refractivity contribution in [2.75, 3.05) is 17.4 Å². The van der Waals surface area contributed by atoms with Crippen LogP contribution in [0.2, 0.25) is 0 Å². The van der Waals surface area contributed by atoms with Crippen LogP contribution in [0.1, 0.15) is 31.9 Å². The molecule has 0 saturated carbocycles. The number of hydrogen-bond acceptors (Lipinski definition) is 4. The maximum Gasteiger partial charge on any atom is 0.264 e. The van der Waals surface area contributed by atoms with Crippen LogP contribution in [0.15, 0.2) is 89.8 Å². The molecule has 0 saturated heterocycles. The predicted octanol–water partition coefficient (Wildman–Crippen LogP) is 4.38. The van der Waals surface area contributed by atoms with Crippen LogP contribution >= 0.6 is 0 Å². The SMILES string of the molecule is Cc1ccccc1CN(C(=O)CN(c1ccccc1)S(=O)(=O)c1ccccc1)[C@H](C)C(=O)NCC(C)C. The Kier molecular flexibility index (Phi) is 9.47. The Bertz CT molecular complexity index is 1290. The standard InChI is InChI=1S/C29H35N3O4S/c1-22(2)19-30-29(34)24(4)31(20-25-14-12-11-13-23(25)3)28(33)21-32(26-15-7-5-8-16-26)37(35,36)27-17-9-6-10-18-27/h5-18,22,24H,19-21H2,1-4H3,(H,30,34)/t24-/m1/s1. The molecule has 0 radical (unpaired) electrons. The molecule has 2 amide bonds. The molecule has 0 fully saturated rings. The Morgan fingerprint density at radius 2 is 1.41 bits per heavy atom. The van der Waals surface area contributed by atoms with Crippen molar-refractivity contribution in [2.45, 2.75) is 45.2 Å². The van der Waals surface area contributed by atoms with Gasteiger partial charge < -0.3 is 10.2 Å². The molecule has 8 heteroatoms. The first-order chi connectivity index (χ1) is 17.6. The number of hydrogen-bond donors (Lipinski definition) is 1. The van der Waals surface area contributed by atoms with Crippen molar-refractivity contribution in [2.24, 2.45) is 5.92 Å². The minimum absolute atomic E-state index is 0.0832. The lowest BCUT2D eigenvalue weighted by Crippen LogP contribution is -2.51. The number of nitrogens with zero attached hydrogens (tertiary/aromatic N) is 2. The van der Waals surface area contributed by atoms with Gasteiger partial charge >= 0.3 is 0 Å². The van der Waals surface area contributed by atoms with Crippen molar-refractivity contribution in [3.63, 3.8) is 0 Å². The zero-order valence-corrected chi connectivity index (χ0v) is 22.6. The molecule has 196 valence electrons. The maximum atomic E-state index is 13.8. The highest BCUT2D eigenvalue weighted by Gasteiger charge is 2.32. The number of para-hydroxylation sites is 1. The van der Waals surface area contributed by atoms with Crippen molar-refractivity contribution >= 4 is 27.5 Å². The number of aryl methyl sites for hydroxylation is 1. The highest BCUT2D eigenvalue weighted by atomic mass is 32.2. The fourth-order valence-corrected chi connectivity index (χ4v) is 5.28. The van der Waals surface area contributed by atoms with E-state index in [0.717, 1.165) is 15.4 Å². The summed E-state index contributed by atoms with van der Waals surface area (Å²) in [6.45, 7) is 7.81. The molecule has 3 aromatic carbocycles. The number of nitrogens with one attached hydrogen (secondary N) is 1. The minimum atomic E-state index is -4.05. The highest BCUT2D eigenvalue weighted by Crippen LogP contribution is 2.24. The molecule has 0 spiro atoms. The van der Waals surface area contributed by atoms with E-state index in [0.29, 0.717) is 12.2 Å². The van der Waals surface area contributed by atoms with Crippen LogP contribution in [-0.2, 0) is 26.2 Å². The normalized spacial score (nSPS) is 12.1. The summed E-state index contributed by atoms with van der Waals surface area (Å²) in [7, 11) is -4.05. The van der Waals surface area contributed by atoms with Crippen LogP contribution < -0.4 is 9.62 Å². The predicted molar refractivity (Wildman–Crippen MR) is 146 cm³/mol. The fourth-order valence-electron chi connectivity index (χ4n) is 3.85. The Labute approximate surface area is 220 Å². The lowest BCUT2D eigenvalue weighted by Gasteiger charge is -2.32. The Morgan fingerprint density at radius 3 is 2.00 bits per heavy atom. The van der Waals surface area contributed by atoms with Crippen molar-refractivity contribution in [1.82, 2.24) is 10.2 Å². The van der Waals surface area contributed by atoms with Gasteiger partial charge in [0.1, 0.15) is 12.6 Å². The van der Waals surface area contributed by atoms with Crippen molar-refractivity contribution < 1.29 is 18.0 Å². The summed E-state index contributed by atoms with van der Waals surface area (Å²) in [6.07, 6.45) is 0. The van der Waals surface area contributed by atoms with Gasteiger partial charge in [-0.3, -0.25) is 13.9 Å². The van der Waals surface area contributed by atoms with E-state index in [1.165, 1.54) is 17.0 Å². The second kappa shape index (κ2) is 12.5. The Morgan fingerprint density at radius 1 is 0.838 bits per heavy atom. The van der Waals surface area contributed by atoms with E-state index in [1.54, 1.807) is 55.5 Å². The molecule has 3 aromatic rings. The van der Waals surface area contributed by atoms with E-state index in [9.17, 15) is 18.0 Å². The minimum Gasteiger partial charge on any atom is -0.354 e. The topological polar surface area (TPSA) is 86.8 Å². The second-order valence-corrected chi connectivity index (χ2v) is 11.3. The lowest BCUT2D eigenvalue weighted by molar-refractivity contribution is -0.139. The van der Waals surface area contributed by atoms with E-state index in [2.05, 4.69) is 5.32 Å². The van der Waals surface area contributed by atoms with E-state index in [4.69, 9.17) is 0 Å². The monoisotopic (exact) mass is 521 g/mol. The molecule has 37 heavy (non-hydrogen) atoms. The Balaban J connectivity index is 1.98. The first kappa shape index (κ1) is 27.9. The molecule has 0 heterocycles. The van der Waals surface area contributed by atoms with Gasteiger partial charge in [0.05, 0.1) is 10.6 Å². The number of rotatable bonds is 11. The molecule has 0 aliphatic heterocycles. The van der Waals surface area contributed by atoms with Crippen LogP contribution in [0.25, 0.3) is 0 Å². The van der Waals surface area contributed by atoms with Gasteiger partial charge in [-0.25, -0.2) is 8.42 Å². The van der Waals surface area contributed by atoms with Crippen molar-refractivity contribution in [3.8, 4) is 0 Å². The average Bonchev–Trinajstić information content (AvgIpc) is 2.90. The van der Waals surface area contributed by atoms with Gasteiger partial charge in [0.15, 0.2) is 0 Å². The summed E-state index contributed by atoms with van der Waals surface area (Å²) in [5.41, 5.74) is 2.23. The lowest BCUT2D eigenvalue weighted by atomic mass is 10.1. The number of anilines is 1. The first-order valence-corrected chi connectivity index (χ1v) is 13.8. The molecule has 7 nitrogen and oxygen atoms in total. The molecule has 0 aliphatic rings. The third kappa shape index (κ3) is 7.20. The summed E-state index contributed by atoms with van der Waals surface area (Å²) < 4.78 is 28.4. The molecular formula is C29H35N3O4S. The van der Waals surface area contributed by atoms with Gasteiger partial charge in [-0.15, -0.1) is 0 Å². The molecule has 0 bridgehead atoms. The van der Waals surface area contributed by atoms with Crippen molar-refractivity contribution in [3.05, 3.63) is 96.1 Å². The average molecular weight is 522 g/mol. The molecule has 3 rings (SSSR count). The maximum absolute atomic E-state index is 13.8. The zero-order valence-electron chi connectivity index (χ0n) is 21.8. The molecule has 0 aromatic heterocycles. The summed E-state index contributed by atoms with van der Waals surface area (Å²) >= 11 is 0. The third-order valence-electron chi connectivity index (χ3n) is 6.11. The first-order valence-electron chi connectivity index (χ1n) is 12.4. The number of benzene rings is 3. The summed E-state index contributed by atoms with van der Waals surface area (Å²) in [5.74, 6) is -0.507. The fraction of sp³-hybridized carbons (Fsp3) is 0.310. The van der Waals surface area contributed by atoms with E-state index < -0.39 is 28.5 Å². The van der Waals surface area contributed by atoms with Gasteiger partial charge in [-0.2, -0.15) is 0 Å². The van der Waals surface area contributed by atoms with Crippen molar-refractivity contribution in [1.29, 1.82) is 0 Å². The van der Waals surface area contributed by atoms with Crippen LogP contribution in [0.3, 0.4) is 0 Å². The second-order valence-electron chi connectivity index (χ2n) is 9.42. The van der Waals surface area contributed by atoms with Gasteiger partial charge in [0.25, 0.3) is 10.0 Å². The smallest absolute Gasteiger partial charge is 0.264 e. The summed E-state index contributed by atoms with van der Waals surface area (Å²) in [5, 5.41) is 2.89. The quantitative estimate of drug-likeness (QED) is 0.406. The molecular weight excluding hydrogens is 486 g/mol. The zero-order chi connectivity index (χ0) is 27.0. The third-order valence-corrected chi connectivity index (χ3v) is 7.90.